The Morgan fingerprint density at radius 1 is 1.04 bits per heavy atom. The number of benzene rings is 2. The molecule has 5 heteroatoms. The number of nitrogens with zero attached hydrogens (tertiary/aromatic N) is 1. The van der Waals surface area contributed by atoms with Crippen LogP contribution < -0.4 is 10.6 Å². The molecule has 3 rings (SSSR count). The van der Waals surface area contributed by atoms with Crippen LogP contribution in [-0.4, -0.2) is 16.0 Å². The molecule has 0 saturated heterocycles. The van der Waals surface area contributed by atoms with E-state index in [1.54, 1.807) is 12.3 Å². The fourth-order valence-electron chi connectivity index (χ4n) is 2.36. The predicted octanol–water partition coefficient (Wildman–Crippen LogP) is 3.67. The molecule has 3 aromatic rings. The number of fused-ring (bicyclic) bond motifs is 1. The fourth-order valence-corrected chi connectivity index (χ4v) is 2.57. The van der Waals surface area contributed by atoms with Gasteiger partial charge in [-0.3, -0.25) is 15.1 Å². The summed E-state index contributed by atoms with van der Waals surface area (Å²) in [5, 5.41) is 6.98. The molecule has 0 radical (unpaired) electrons. The van der Waals surface area contributed by atoms with Gasteiger partial charge in [-0.1, -0.05) is 24.3 Å². The smallest absolute Gasteiger partial charge is 0.257 e. The molecule has 0 unspecified atom stereocenters. The maximum absolute atomic E-state index is 12.3. The van der Waals surface area contributed by atoms with E-state index < -0.39 is 0 Å². The topological polar surface area (TPSA) is 54.0 Å². The van der Waals surface area contributed by atoms with E-state index in [-0.39, 0.29) is 11.0 Å². The zero-order valence-corrected chi connectivity index (χ0v) is 13.4. The molecule has 1 aromatic heterocycles. The number of hydrogen-bond acceptors (Lipinski definition) is 3. The number of aromatic nitrogens is 1. The van der Waals surface area contributed by atoms with Crippen molar-refractivity contribution < 1.29 is 4.79 Å². The van der Waals surface area contributed by atoms with Gasteiger partial charge in [0.2, 0.25) is 0 Å². The summed E-state index contributed by atoms with van der Waals surface area (Å²) < 4.78 is 0. The van der Waals surface area contributed by atoms with Crippen LogP contribution in [0.5, 0.6) is 0 Å². The summed E-state index contributed by atoms with van der Waals surface area (Å²) in [6, 6.07) is 16.9. The summed E-state index contributed by atoms with van der Waals surface area (Å²) in [4.78, 5) is 16.6. The quantitative estimate of drug-likeness (QED) is 0.707. The molecular weight excluding hydrogens is 306 g/mol. The molecule has 2 aromatic carbocycles. The van der Waals surface area contributed by atoms with Crippen molar-refractivity contribution in [3.63, 3.8) is 0 Å². The Balaban J connectivity index is 1.77. The van der Waals surface area contributed by atoms with Crippen molar-refractivity contribution in [1.29, 1.82) is 0 Å². The number of carbonyl (C=O) groups is 1. The number of carbonyl (C=O) groups excluding carboxylic acids is 1. The van der Waals surface area contributed by atoms with E-state index in [9.17, 15) is 4.79 Å². The normalized spacial score (nSPS) is 10.3. The number of thiocarbonyl (C=S) groups is 1. The van der Waals surface area contributed by atoms with Crippen molar-refractivity contribution in [3.8, 4) is 0 Å². The van der Waals surface area contributed by atoms with Gasteiger partial charge in [0.15, 0.2) is 5.11 Å². The first kappa shape index (κ1) is 15.1. The Hall–Kier alpha value is -2.79. The van der Waals surface area contributed by atoms with E-state index in [1.165, 1.54) is 0 Å². The standard InChI is InChI=1S/C18H15N3OS/c1-12-6-2-3-7-13(12)17(22)21-18(23)20-16-10-4-9-15-14(16)8-5-11-19-15/h2-11H,1H3,(H2,20,21,22,23). The highest BCUT2D eigenvalue weighted by molar-refractivity contribution is 7.80. The Morgan fingerprint density at radius 2 is 1.87 bits per heavy atom. The molecule has 0 fully saturated rings. The molecule has 4 nitrogen and oxygen atoms in total. The molecule has 0 saturated carbocycles. The van der Waals surface area contributed by atoms with E-state index in [0.717, 1.165) is 22.2 Å². The van der Waals surface area contributed by atoms with Gasteiger partial charge in [0.1, 0.15) is 0 Å². The third-order valence-electron chi connectivity index (χ3n) is 3.51. The number of nitrogens with one attached hydrogen (secondary N) is 2. The highest BCUT2D eigenvalue weighted by Gasteiger charge is 2.10. The van der Waals surface area contributed by atoms with Gasteiger partial charge in [0, 0.05) is 22.8 Å². The third kappa shape index (κ3) is 3.35. The SMILES string of the molecule is Cc1ccccc1C(=O)NC(=S)Nc1cccc2ncccc12. The minimum Gasteiger partial charge on any atom is -0.332 e. The van der Waals surface area contributed by atoms with Gasteiger partial charge in [-0.2, -0.15) is 0 Å². The Kier molecular flexibility index (Phi) is 4.30. The average Bonchev–Trinajstić information content (AvgIpc) is 2.55. The zero-order valence-electron chi connectivity index (χ0n) is 12.5. The number of aryl methyl sites for hydroxylation is 1. The first-order chi connectivity index (χ1) is 11.1. The van der Waals surface area contributed by atoms with Crippen molar-refractivity contribution >= 4 is 39.8 Å². The minimum atomic E-state index is -0.223. The second kappa shape index (κ2) is 6.54. The van der Waals surface area contributed by atoms with Gasteiger partial charge >= 0.3 is 0 Å². The molecule has 23 heavy (non-hydrogen) atoms. The van der Waals surface area contributed by atoms with Crippen LogP contribution in [0.2, 0.25) is 0 Å². The van der Waals surface area contributed by atoms with Crippen molar-refractivity contribution in [2.75, 3.05) is 5.32 Å². The van der Waals surface area contributed by atoms with Crippen LogP contribution in [0.3, 0.4) is 0 Å². The van der Waals surface area contributed by atoms with Crippen molar-refractivity contribution in [1.82, 2.24) is 10.3 Å². The molecule has 1 amide bonds. The van der Waals surface area contributed by atoms with Crippen LogP contribution in [0.15, 0.2) is 60.8 Å². The number of hydrogen-bond donors (Lipinski definition) is 2. The lowest BCUT2D eigenvalue weighted by atomic mass is 10.1. The number of rotatable bonds is 2. The van der Waals surface area contributed by atoms with E-state index in [0.29, 0.717) is 5.56 Å². The van der Waals surface area contributed by atoms with Crippen LogP contribution in [0.1, 0.15) is 15.9 Å². The Bertz CT molecular complexity index is 887. The maximum Gasteiger partial charge on any atom is 0.257 e. The first-order valence-electron chi connectivity index (χ1n) is 7.17. The lowest BCUT2D eigenvalue weighted by Crippen LogP contribution is -2.34. The number of anilines is 1. The van der Waals surface area contributed by atoms with Gasteiger partial charge in [0.25, 0.3) is 5.91 Å². The average molecular weight is 321 g/mol. The predicted molar refractivity (Wildman–Crippen MR) is 96.6 cm³/mol. The van der Waals surface area contributed by atoms with E-state index in [4.69, 9.17) is 12.2 Å². The molecule has 0 bridgehead atoms. The highest BCUT2D eigenvalue weighted by Crippen LogP contribution is 2.21. The van der Waals surface area contributed by atoms with E-state index in [2.05, 4.69) is 15.6 Å². The summed E-state index contributed by atoms with van der Waals surface area (Å²) in [5.41, 5.74) is 3.19. The first-order valence-corrected chi connectivity index (χ1v) is 7.58. The molecule has 1 heterocycles. The van der Waals surface area contributed by atoms with Crippen LogP contribution in [-0.2, 0) is 0 Å². The summed E-state index contributed by atoms with van der Waals surface area (Å²) in [6.45, 7) is 1.89. The summed E-state index contributed by atoms with van der Waals surface area (Å²) >= 11 is 5.26. The highest BCUT2D eigenvalue weighted by atomic mass is 32.1. The number of amides is 1. The van der Waals surface area contributed by atoms with E-state index in [1.807, 2.05) is 55.5 Å². The molecule has 114 valence electrons. The van der Waals surface area contributed by atoms with Gasteiger partial charge in [0.05, 0.1) is 5.52 Å². The van der Waals surface area contributed by atoms with Gasteiger partial charge in [-0.25, -0.2) is 0 Å². The second-order valence-corrected chi connectivity index (χ2v) is 5.51. The fraction of sp³-hybridized carbons (Fsp3) is 0.0556. The molecule has 2 N–H and O–H groups in total. The Morgan fingerprint density at radius 3 is 2.70 bits per heavy atom. The molecule has 0 aliphatic rings. The molecule has 0 aliphatic carbocycles. The molecule has 0 atom stereocenters. The third-order valence-corrected chi connectivity index (χ3v) is 3.71. The molecule has 0 aliphatic heterocycles. The van der Waals surface area contributed by atoms with Crippen LogP contribution in [0.25, 0.3) is 10.9 Å². The van der Waals surface area contributed by atoms with Crippen molar-refractivity contribution in [2.24, 2.45) is 0 Å². The van der Waals surface area contributed by atoms with Crippen LogP contribution in [0.4, 0.5) is 5.69 Å². The lowest BCUT2D eigenvalue weighted by Gasteiger charge is -2.12. The number of pyridine rings is 1. The summed E-state index contributed by atoms with van der Waals surface area (Å²) in [6.07, 6.45) is 1.74. The van der Waals surface area contributed by atoms with Crippen LogP contribution >= 0.6 is 12.2 Å². The van der Waals surface area contributed by atoms with Gasteiger partial charge in [-0.05, 0) is 55.0 Å². The van der Waals surface area contributed by atoms with Crippen LogP contribution in [0, 0.1) is 6.92 Å². The second-order valence-electron chi connectivity index (χ2n) is 5.10. The molecular formula is C18H15N3OS. The Labute approximate surface area is 139 Å². The monoisotopic (exact) mass is 321 g/mol. The summed E-state index contributed by atoms with van der Waals surface area (Å²) in [5.74, 6) is -0.223. The van der Waals surface area contributed by atoms with Gasteiger partial charge < -0.3 is 5.32 Å². The minimum absolute atomic E-state index is 0.223. The maximum atomic E-state index is 12.3. The zero-order chi connectivity index (χ0) is 16.2. The van der Waals surface area contributed by atoms with Crippen molar-refractivity contribution in [3.05, 3.63) is 71.9 Å². The lowest BCUT2D eigenvalue weighted by molar-refractivity contribution is 0.0977. The molecule has 0 spiro atoms. The van der Waals surface area contributed by atoms with Crippen molar-refractivity contribution in [2.45, 2.75) is 6.92 Å². The summed E-state index contributed by atoms with van der Waals surface area (Å²) in [7, 11) is 0. The van der Waals surface area contributed by atoms with E-state index >= 15 is 0 Å². The largest absolute Gasteiger partial charge is 0.332 e. The van der Waals surface area contributed by atoms with Gasteiger partial charge in [-0.15, -0.1) is 0 Å².